The summed E-state index contributed by atoms with van der Waals surface area (Å²) in [5.41, 5.74) is 3.83. The van der Waals surface area contributed by atoms with Gasteiger partial charge in [-0.05, 0) is 54.3 Å². The van der Waals surface area contributed by atoms with Crippen molar-refractivity contribution >= 4 is 10.8 Å². The Hall–Kier alpha value is -1.54. The second-order valence-corrected chi connectivity index (χ2v) is 4.34. The fourth-order valence-corrected chi connectivity index (χ4v) is 2.07. The average Bonchev–Trinajstić information content (AvgIpc) is 2.33. The van der Waals surface area contributed by atoms with Gasteiger partial charge in [0.25, 0.3) is 0 Å². The first kappa shape index (κ1) is 11.9. The summed E-state index contributed by atoms with van der Waals surface area (Å²) in [4.78, 5) is 0. The molecule has 17 heavy (non-hydrogen) atoms. The molecule has 2 aromatic carbocycles. The van der Waals surface area contributed by atoms with E-state index in [1.54, 1.807) is 7.11 Å². The number of hydrogen-bond acceptors (Lipinski definition) is 2. The lowest BCUT2D eigenvalue weighted by atomic mass is 9.97. The Morgan fingerprint density at radius 1 is 0.882 bits per heavy atom. The lowest BCUT2D eigenvalue weighted by Gasteiger charge is -2.13. The highest BCUT2D eigenvalue weighted by molar-refractivity contribution is 5.90. The smallest absolute Gasteiger partial charge is 0.188 e. The summed E-state index contributed by atoms with van der Waals surface area (Å²) >= 11 is 0. The predicted octanol–water partition coefficient (Wildman–Crippen LogP) is 3.75. The van der Waals surface area contributed by atoms with Gasteiger partial charge in [-0.25, -0.2) is 0 Å². The second-order valence-electron chi connectivity index (χ2n) is 4.34. The molecule has 0 heterocycles. The number of hydrogen-bond donors (Lipinski definition) is 0. The standard InChI is InChI=1S/C15H18O2/c1-10-5-6-14-12(3)15(17-9-16-4)8-7-13(14)11(10)2/h5-8H,9H2,1-4H3. The van der Waals surface area contributed by atoms with Gasteiger partial charge in [-0.1, -0.05) is 18.2 Å². The second kappa shape index (κ2) is 4.76. The average molecular weight is 230 g/mol. The summed E-state index contributed by atoms with van der Waals surface area (Å²) in [6.45, 7) is 6.67. The van der Waals surface area contributed by atoms with Crippen molar-refractivity contribution < 1.29 is 9.47 Å². The maximum atomic E-state index is 5.54. The van der Waals surface area contributed by atoms with Gasteiger partial charge in [0.15, 0.2) is 6.79 Å². The summed E-state index contributed by atoms with van der Waals surface area (Å²) < 4.78 is 10.5. The summed E-state index contributed by atoms with van der Waals surface area (Å²) in [7, 11) is 1.63. The number of ether oxygens (including phenoxy) is 2. The number of methoxy groups -OCH3 is 1. The zero-order valence-electron chi connectivity index (χ0n) is 10.8. The van der Waals surface area contributed by atoms with Crippen LogP contribution in [-0.4, -0.2) is 13.9 Å². The number of rotatable bonds is 3. The van der Waals surface area contributed by atoms with Crippen LogP contribution in [0.1, 0.15) is 16.7 Å². The minimum absolute atomic E-state index is 0.289. The van der Waals surface area contributed by atoms with E-state index in [0.717, 1.165) is 5.75 Å². The van der Waals surface area contributed by atoms with Crippen LogP contribution in [0.25, 0.3) is 10.8 Å². The molecule has 2 nitrogen and oxygen atoms in total. The van der Waals surface area contributed by atoms with E-state index in [4.69, 9.17) is 9.47 Å². The molecule has 0 spiro atoms. The molecular weight excluding hydrogens is 212 g/mol. The molecule has 0 fully saturated rings. The van der Waals surface area contributed by atoms with Crippen molar-refractivity contribution in [2.45, 2.75) is 20.8 Å². The highest BCUT2D eigenvalue weighted by Gasteiger charge is 2.07. The van der Waals surface area contributed by atoms with Crippen LogP contribution in [0.15, 0.2) is 24.3 Å². The molecule has 0 aromatic heterocycles. The number of fused-ring (bicyclic) bond motifs is 1. The molecule has 0 aliphatic carbocycles. The Morgan fingerprint density at radius 2 is 1.53 bits per heavy atom. The van der Waals surface area contributed by atoms with E-state index in [-0.39, 0.29) is 6.79 Å². The maximum absolute atomic E-state index is 5.54. The van der Waals surface area contributed by atoms with Gasteiger partial charge < -0.3 is 9.47 Å². The topological polar surface area (TPSA) is 18.5 Å². The molecule has 0 aliphatic heterocycles. The summed E-state index contributed by atoms with van der Waals surface area (Å²) in [5, 5.41) is 2.55. The van der Waals surface area contributed by atoms with Crippen LogP contribution in [0.2, 0.25) is 0 Å². The lowest BCUT2D eigenvalue weighted by molar-refractivity contribution is 0.0507. The lowest BCUT2D eigenvalue weighted by Crippen LogP contribution is -2.00. The van der Waals surface area contributed by atoms with Crippen LogP contribution in [0, 0.1) is 20.8 Å². The predicted molar refractivity (Wildman–Crippen MR) is 70.7 cm³/mol. The molecular formula is C15H18O2. The molecule has 2 aromatic rings. The Kier molecular flexibility index (Phi) is 3.34. The largest absolute Gasteiger partial charge is 0.467 e. The first-order valence-corrected chi connectivity index (χ1v) is 5.76. The Morgan fingerprint density at radius 3 is 2.24 bits per heavy atom. The van der Waals surface area contributed by atoms with Crippen LogP contribution < -0.4 is 4.74 Å². The van der Waals surface area contributed by atoms with E-state index in [1.807, 2.05) is 6.07 Å². The van der Waals surface area contributed by atoms with E-state index >= 15 is 0 Å². The Balaban J connectivity index is 2.56. The number of benzene rings is 2. The van der Waals surface area contributed by atoms with Gasteiger partial charge in [0.2, 0.25) is 0 Å². The Bertz CT molecular complexity index is 544. The minimum atomic E-state index is 0.289. The van der Waals surface area contributed by atoms with Gasteiger partial charge in [0.05, 0.1) is 0 Å². The zero-order chi connectivity index (χ0) is 12.4. The maximum Gasteiger partial charge on any atom is 0.188 e. The quantitative estimate of drug-likeness (QED) is 0.748. The molecule has 0 bridgehead atoms. The molecule has 0 radical (unpaired) electrons. The summed E-state index contributed by atoms with van der Waals surface area (Å²) in [5.74, 6) is 0.891. The molecule has 2 rings (SSSR count). The first-order chi connectivity index (χ1) is 8.15. The van der Waals surface area contributed by atoms with Gasteiger partial charge in [0.1, 0.15) is 5.75 Å². The van der Waals surface area contributed by atoms with E-state index in [0.29, 0.717) is 0 Å². The zero-order valence-corrected chi connectivity index (χ0v) is 10.8. The van der Waals surface area contributed by atoms with E-state index in [9.17, 15) is 0 Å². The Labute approximate surface area is 102 Å². The molecule has 0 atom stereocenters. The summed E-state index contributed by atoms with van der Waals surface area (Å²) in [6, 6.07) is 8.45. The van der Waals surface area contributed by atoms with Gasteiger partial charge in [-0.3, -0.25) is 0 Å². The molecule has 0 unspecified atom stereocenters. The molecule has 2 heteroatoms. The van der Waals surface area contributed by atoms with Gasteiger partial charge in [0, 0.05) is 7.11 Å². The molecule has 0 saturated heterocycles. The summed E-state index contributed by atoms with van der Waals surface area (Å²) in [6.07, 6.45) is 0. The van der Waals surface area contributed by atoms with Crippen molar-refractivity contribution in [1.29, 1.82) is 0 Å². The van der Waals surface area contributed by atoms with Crippen molar-refractivity contribution in [3.05, 3.63) is 41.0 Å². The fourth-order valence-electron chi connectivity index (χ4n) is 2.07. The van der Waals surface area contributed by atoms with Crippen molar-refractivity contribution in [2.24, 2.45) is 0 Å². The molecule has 0 saturated carbocycles. The third-order valence-corrected chi connectivity index (χ3v) is 3.29. The number of aryl methyl sites for hydroxylation is 3. The third-order valence-electron chi connectivity index (χ3n) is 3.29. The third kappa shape index (κ3) is 2.13. The van der Waals surface area contributed by atoms with E-state index in [2.05, 4.69) is 39.0 Å². The van der Waals surface area contributed by atoms with Crippen LogP contribution in [0.5, 0.6) is 5.75 Å². The van der Waals surface area contributed by atoms with Gasteiger partial charge in [-0.15, -0.1) is 0 Å². The van der Waals surface area contributed by atoms with Crippen molar-refractivity contribution in [1.82, 2.24) is 0 Å². The van der Waals surface area contributed by atoms with Crippen LogP contribution in [0.4, 0.5) is 0 Å². The fraction of sp³-hybridized carbons (Fsp3) is 0.333. The van der Waals surface area contributed by atoms with E-state index < -0.39 is 0 Å². The van der Waals surface area contributed by atoms with E-state index in [1.165, 1.54) is 27.5 Å². The first-order valence-electron chi connectivity index (χ1n) is 5.76. The van der Waals surface area contributed by atoms with Crippen LogP contribution in [0.3, 0.4) is 0 Å². The highest BCUT2D eigenvalue weighted by Crippen LogP contribution is 2.30. The van der Waals surface area contributed by atoms with Crippen molar-refractivity contribution in [3.8, 4) is 5.75 Å². The van der Waals surface area contributed by atoms with Crippen molar-refractivity contribution in [3.63, 3.8) is 0 Å². The molecule has 0 amide bonds. The molecule has 90 valence electrons. The molecule has 0 aliphatic rings. The van der Waals surface area contributed by atoms with Crippen LogP contribution >= 0.6 is 0 Å². The highest BCUT2D eigenvalue weighted by atomic mass is 16.7. The molecule has 0 N–H and O–H groups in total. The SMILES string of the molecule is COCOc1ccc2c(C)c(C)ccc2c1C. The van der Waals surface area contributed by atoms with Crippen molar-refractivity contribution in [2.75, 3.05) is 13.9 Å². The van der Waals surface area contributed by atoms with Crippen LogP contribution in [-0.2, 0) is 4.74 Å². The van der Waals surface area contributed by atoms with Gasteiger partial charge in [-0.2, -0.15) is 0 Å². The van der Waals surface area contributed by atoms with Gasteiger partial charge >= 0.3 is 0 Å². The monoisotopic (exact) mass is 230 g/mol. The normalized spacial score (nSPS) is 10.8. The minimum Gasteiger partial charge on any atom is -0.467 e.